The number of nitrogens with zero attached hydrogens (tertiary/aromatic N) is 3. The molecule has 0 aliphatic rings. The van der Waals surface area contributed by atoms with Crippen molar-refractivity contribution in [3.05, 3.63) is 176 Å². The first-order valence-corrected chi connectivity index (χ1v) is 17.1. The second kappa shape index (κ2) is 11.9. The summed E-state index contributed by atoms with van der Waals surface area (Å²) >= 11 is 0. The number of hydrogen-bond donors (Lipinski definition) is 0. The number of furan rings is 1. The molecule has 238 valence electrons. The fraction of sp³-hybridized carbons (Fsp3) is 0. The van der Waals surface area contributed by atoms with Crippen molar-refractivity contribution in [1.82, 2.24) is 15.0 Å². The van der Waals surface area contributed by atoms with Crippen LogP contribution in [0.5, 0.6) is 0 Å². The molecular weight excluding hydrogens is 623 g/mol. The van der Waals surface area contributed by atoms with Crippen LogP contribution in [0.1, 0.15) is 0 Å². The van der Waals surface area contributed by atoms with Crippen molar-refractivity contribution < 1.29 is 4.42 Å². The molecule has 10 rings (SSSR count). The van der Waals surface area contributed by atoms with Gasteiger partial charge in [0, 0.05) is 33.0 Å². The fourth-order valence-corrected chi connectivity index (χ4v) is 7.21. The van der Waals surface area contributed by atoms with Crippen LogP contribution in [0, 0.1) is 0 Å². The number of hydrogen-bond acceptors (Lipinski definition) is 4. The highest BCUT2D eigenvalue weighted by Crippen LogP contribution is 2.42. The molecule has 0 unspecified atom stereocenters. The first kappa shape index (κ1) is 29.0. The Kier molecular flexibility index (Phi) is 6.78. The summed E-state index contributed by atoms with van der Waals surface area (Å²) in [5.74, 6) is 1.86. The lowest BCUT2D eigenvalue weighted by Gasteiger charge is -2.11. The molecule has 0 aliphatic heterocycles. The second-order valence-electron chi connectivity index (χ2n) is 12.8. The summed E-state index contributed by atoms with van der Waals surface area (Å²) in [7, 11) is 0. The first-order valence-electron chi connectivity index (χ1n) is 17.1. The smallest absolute Gasteiger partial charge is 0.164 e. The third-order valence-electron chi connectivity index (χ3n) is 9.74. The quantitative estimate of drug-likeness (QED) is 0.174. The van der Waals surface area contributed by atoms with Crippen LogP contribution >= 0.6 is 0 Å². The molecule has 0 radical (unpaired) electrons. The molecule has 2 heterocycles. The van der Waals surface area contributed by atoms with Crippen LogP contribution in [0.2, 0.25) is 0 Å². The first-order chi connectivity index (χ1) is 25.3. The highest BCUT2D eigenvalue weighted by molar-refractivity contribution is 6.16. The summed E-state index contributed by atoms with van der Waals surface area (Å²) in [4.78, 5) is 15.0. The third kappa shape index (κ3) is 5.04. The molecule has 0 bridgehead atoms. The molecule has 51 heavy (non-hydrogen) atoms. The lowest BCUT2D eigenvalue weighted by Crippen LogP contribution is -2.00. The van der Waals surface area contributed by atoms with Crippen molar-refractivity contribution >= 4 is 43.5 Å². The molecule has 8 aromatic carbocycles. The average molecular weight is 652 g/mol. The van der Waals surface area contributed by atoms with Gasteiger partial charge in [-0.25, -0.2) is 15.0 Å². The molecule has 4 heteroatoms. The third-order valence-corrected chi connectivity index (χ3v) is 9.74. The van der Waals surface area contributed by atoms with Crippen LogP contribution in [0.15, 0.2) is 180 Å². The van der Waals surface area contributed by atoms with E-state index in [-0.39, 0.29) is 0 Å². The van der Waals surface area contributed by atoms with Crippen molar-refractivity contribution in [1.29, 1.82) is 0 Å². The maximum absolute atomic E-state index is 6.66. The van der Waals surface area contributed by atoms with Gasteiger partial charge in [0.15, 0.2) is 17.5 Å². The average Bonchev–Trinajstić information content (AvgIpc) is 3.61. The van der Waals surface area contributed by atoms with E-state index in [4.69, 9.17) is 19.4 Å². The van der Waals surface area contributed by atoms with E-state index in [9.17, 15) is 0 Å². The highest BCUT2D eigenvalue weighted by atomic mass is 16.3. The van der Waals surface area contributed by atoms with Crippen molar-refractivity contribution in [3.63, 3.8) is 0 Å². The standard InChI is InChI=1S/C47H29N3O/c1-3-12-33(13-4-1)45-48-46(34-14-5-2-6-15-34)50-47(49-45)41-28-27-39(44-43(41)40-17-9-10-18-42(40)51-44)32-21-19-30(20-22-32)35-25-26-38-36(29-35)24-23-31-11-7-8-16-37(31)38/h1-29H. The zero-order chi connectivity index (χ0) is 33.7. The molecule has 0 atom stereocenters. The van der Waals surface area contributed by atoms with Crippen LogP contribution in [0.3, 0.4) is 0 Å². The second-order valence-corrected chi connectivity index (χ2v) is 12.8. The normalized spacial score (nSPS) is 11.5. The summed E-state index contributed by atoms with van der Waals surface area (Å²) in [6.45, 7) is 0. The maximum atomic E-state index is 6.66. The van der Waals surface area contributed by atoms with E-state index in [1.165, 1.54) is 32.7 Å². The summed E-state index contributed by atoms with van der Waals surface area (Å²) in [6, 6.07) is 61.1. The minimum Gasteiger partial charge on any atom is -0.455 e. The van der Waals surface area contributed by atoms with E-state index < -0.39 is 0 Å². The van der Waals surface area contributed by atoms with Crippen LogP contribution in [0.25, 0.3) is 99.9 Å². The Morgan fingerprint density at radius 2 is 0.882 bits per heavy atom. The van der Waals surface area contributed by atoms with Crippen molar-refractivity contribution in [2.24, 2.45) is 0 Å². The monoisotopic (exact) mass is 651 g/mol. The number of benzene rings is 8. The Balaban J connectivity index is 1.11. The zero-order valence-corrected chi connectivity index (χ0v) is 27.5. The summed E-state index contributed by atoms with van der Waals surface area (Å²) in [5.41, 5.74) is 8.84. The predicted octanol–water partition coefficient (Wildman–Crippen LogP) is 12.4. The lowest BCUT2D eigenvalue weighted by atomic mass is 9.95. The Morgan fingerprint density at radius 1 is 0.333 bits per heavy atom. The lowest BCUT2D eigenvalue weighted by molar-refractivity contribution is 0.670. The van der Waals surface area contributed by atoms with E-state index in [2.05, 4.69) is 97.1 Å². The highest BCUT2D eigenvalue weighted by Gasteiger charge is 2.20. The Morgan fingerprint density at radius 3 is 1.63 bits per heavy atom. The minimum absolute atomic E-state index is 0.602. The predicted molar refractivity (Wildman–Crippen MR) is 209 cm³/mol. The van der Waals surface area contributed by atoms with E-state index >= 15 is 0 Å². The fourth-order valence-electron chi connectivity index (χ4n) is 7.21. The van der Waals surface area contributed by atoms with Gasteiger partial charge < -0.3 is 4.42 Å². The molecule has 4 nitrogen and oxygen atoms in total. The Hall–Kier alpha value is -6.91. The Labute approximate surface area is 294 Å². The van der Waals surface area contributed by atoms with Gasteiger partial charge >= 0.3 is 0 Å². The van der Waals surface area contributed by atoms with Crippen LogP contribution in [-0.4, -0.2) is 15.0 Å². The SMILES string of the molecule is c1ccc(-c2nc(-c3ccccc3)nc(-c3ccc(-c4ccc(-c5ccc6c(ccc7ccccc76)c5)cc4)c4oc5ccccc5c34)n2)cc1. The van der Waals surface area contributed by atoms with E-state index in [0.717, 1.165) is 49.8 Å². The molecule has 0 N–H and O–H groups in total. The van der Waals surface area contributed by atoms with Gasteiger partial charge in [-0.2, -0.15) is 0 Å². The number of aromatic nitrogens is 3. The topological polar surface area (TPSA) is 51.8 Å². The zero-order valence-electron chi connectivity index (χ0n) is 27.5. The molecule has 10 aromatic rings. The molecular formula is C47H29N3O. The van der Waals surface area contributed by atoms with Crippen molar-refractivity contribution in [2.45, 2.75) is 0 Å². The van der Waals surface area contributed by atoms with Gasteiger partial charge in [0.05, 0.1) is 0 Å². The number of para-hydroxylation sites is 1. The minimum atomic E-state index is 0.602. The maximum Gasteiger partial charge on any atom is 0.164 e. The number of fused-ring (bicyclic) bond motifs is 6. The molecule has 0 saturated heterocycles. The van der Waals surface area contributed by atoms with Crippen molar-refractivity contribution in [3.8, 4) is 56.4 Å². The largest absolute Gasteiger partial charge is 0.455 e. The van der Waals surface area contributed by atoms with Gasteiger partial charge in [0.2, 0.25) is 0 Å². The van der Waals surface area contributed by atoms with Gasteiger partial charge in [-0.05, 0) is 62.5 Å². The van der Waals surface area contributed by atoms with Crippen LogP contribution in [-0.2, 0) is 0 Å². The van der Waals surface area contributed by atoms with Crippen LogP contribution in [0.4, 0.5) is 0 Å². The molecule has 0 amide bonds. The Bertz CT molecular complexity index is 2840. The van der Waals surface area contributed by atoms with Gasteiger partial charge in [0.25, 0.3) is 0 Å². The van der Waals surface area contributed by atoms with Crippen LogP contribution < -0.4 is 0 Å². The van der Waals surface area contributed by atoms with E-state index in [1.807, 2.05) is 78.9 Å². The van der Waals surface area contributed by atoms with E-state index in [0.29, 0.717) is 17.5 Å². The van der Waals surface area contributed by atoms with Gasteiger partial charge in [-0.3, -0.25) is 0 Å². The van der Waals surface area contributed by atoms with Gasteiger partial charge in [-0.15, -0.1) is 0 Å². The molecule has 0 aliphatic carbocycles. The van der Waals surface area contributed by atoms with E-state index in [1.54, 1.807) is 0 Å². The molecule has 0 spiro atoms. The molecule has 0 fully saturated rings. The van der Waals surface area contributed by atoms with Gasteiger partial charge in [-0.1, -0.05) is 152 Å². The number of rotatable bonds is 5. The summed E-state index contributed by atoms with van der Waals surface area (Å²) in [6.07, 6.45) is 0. The van der Waals surface area contributed by atoms with Gasteiger partial charge in [0.1, 0.15) is 11.2 Å². The summed E-state index contributed by atoms with van der Waals surface area (Å²) < 4.78 is 6.66. The summed E-state index contributed by atoms with van der Waals surface area (Å²) in [5, 5.41) is 7.05. The molecule has 2 aromatic heterocycles. The van der Waals surface area contributed by atoms with Crippen molar-refractivity contribution in [2.75, 3.05) is 0 Å². The molecule has 0 saturated carbocycles.